The predicted molar refractivity (Wildman–Crippen MR) is 80.8 cm³/mol. The Balaban J connectivity index is 2.93. The normalized spacial score (nSPS) is 11.8. The third-order valence-electron chi connectivity index (χ3n) is 2.50. The van der Waals surface area contributed by atoms with Gasteiger partial charge in [0.1, 0.15) is 0 Å². The number of halogens is 2. The molecular weight excluding hydrogens is 303 g/mol. The summed E-state index contributed by atoms with van der Waals surface area (Å²) in [4.78, 5) is 0. The molecule has 0 unspecified atom stereocenters. The van der Waals surface area contributed by atoms with Crippen LogP contribution in [0, 0.1) is 0 Å². The summed E-state index contributed by atoms with van der Waals surface area (Å²) in [6.45, 7) is 7.51. The summed E-state index contributed by atoms with van der Waals surface area (Å²) in [6.07, 6.45) is 0. The fraction of sp³-hybridized carbons (Fsp3) is 0.538. The molecule has 6 heteroatoms. The molecule has 0 bridgehead atoms. The van der Waals surface area contributed by atoms with Crippen LogP contribution in [0.2, 0.25) is 10.0 Å². The lowest BCUT2D eigenvalue weighted by atomic mass is 10.2. The summed E-state index contributed by atoms with van der Waals surface area (Å²) in [6, 6.07) is 6.14. The summed E-state index contributed by atoms with van der Waals surface area (Å²) < 4.78 is 17.4. The molecule has 108 valence electrons. The first-order valence-corrected chi connectivity index (χ1v) is 9.11. The lowest BCUT2D eigenvalue weighted by Crippen LogP contribution is -2.48. The molecule has 0 heterocycles. The Hall–Kier alpha value is -0.103. The predicted octanol–water partition coefficient (Wildman–Crippen LogP) is 4.12. The number of hydrogen-bond donors (Lipinski definition) is 0. The van der Waals surface area contributed by atoms with Crippen molar-refractivity contribution in [3.63, 3.8) is 0 Å². The van der Waals surface area contributed by atoms with Gasteiger partial charge in [0, 0.05) is 25.9 Å². The minimum Gasteiger partial charge on any atom is -0.374 e. The van der Waals surface area contributed by atoms with Gasteiger partial charge in [-0.15, -0.1) is 0 Å². The first-order chi connectivity index (χ1) is 9.06. The standard InChI is InChI=1S/C13H20Cl2O3Si/c1-4-16-19(17-5-2,18-6-3)10-11-7-8-12(14)13(15)9-11/h7-9H,4-6,10H2,1-3H3. The fourth-order valence-electron chi connectivity index (χ4n) is 1.84. The Bertz CT molecular complexity index is 384. The Morgan fingerprint density at radius 1 is 0.895 bits per heavy atom. The van der Waals surface area contributed by atoms with Gasteiger partial charge in [-0.25, -0.2) is 0 Å². The van der Waals surface area contributed by atoms with Gasteiger partial charge in [-0.3, -0.25) is 0 Å². The van der Waals surface area contributed by atoms with E-state index < -0.39 is 8.80 Å². The molecule has 0 aliphatic heterocycles. The van der Waals surface area contributed by atoms with Gasteiger partial charge in [0.05, 0.1) is 10.0 Å². The third kappa shape index (κ3) is 5.06. The molecule has 0 radical (unpaired) electrons. The van der Waals surface area contributed by atoms with E-state index in [4.69, 9.17) is 36.5 Å². The van der Waals surface area contributed by atoms with Gasteiger partial charge in [0.15, 0.2) is 0 Å². The molecule has 19 heavy (non-hydrogen) atoms. The van der Waals surface area contributed by atoms with E-state index >= 15 is 0 Å². The molecule has 1 aromatic carbocycles. The molecule has 0 N–H and O–H groups in total. The van der Waals surface area contributed by atoms with Crippen molar-refractivity contribution < 1.29 is 13.3 Å². The van der Waals surface area contributed by atoms with Gasteiger partial charge >= 0.3 is 8.80 Å². The van der Waals surface area contributed by atoms with Gasteiger partial charge in [0.2, 0.25) is 0 Å². The van der Waals surface area contributed by atoms with Crippen LogP contribution in [0.1, 0.15) is 26.3 Å². The maximum atomic E-state index is 6.03. The van der Waals surface area contributed by atoms with E-state index in [1.807, 2.05) is 32.9 Å². The molecule has 0 saturated heterocycles. The van der Waals surface area contributed by atoms with Crippen molar-refractivity contribution in [3.05, 3.63) is 33.8 Å². The van der Waals surface area contributed by atoms with Crippen LogP contribution in [-0.2, 0) is 19.3 Å². The summed E-state index contributed by atoms with van der Waals surface area (Å²) in [5.41, 5.74) is 1.01. The maximum absolute atomic E-state index is 6.03. The molecular formula is C13H20Cl2O3Si. The van der Waals surface area contributed by atoms with Crippen LogP contribution in [0.4, 0.5) is 0 Å². The quantitative estimate of drug-likeness (QED) is 0.674. The lowest BCUT2D eigenvalue weighted by Gasteiger charge is -2.28. The Kier molecular flexibility index (Phi) is 7.35. The zero-order valence-corrected chi connectivity index (χ0v) is 14.1. The zero-order chi connectivity index (χ0) is 14.3. The Morgan fingerprint density at radius 3 is 1.84 bits per heavy atom. The highest BCUT2D eigenvalue weighted by atomic mass is 35.5. The molecule has 3 nitrogen and oxygen atoms in total. The van der Waals surface area contributed by atoms with Crippen LogP contribution < -0.4 is 0 Å². The van der Waals surface area contributed by atoms with Crippen molar-refractivity contribution in [2.24, 2.45) is 0 Å². The largest absolute Gasteiger partial charge is 0.505 e. The van der Waals surface area contributed by atoms with E-state index in [9.17, 15) is 0 Å². The summed E-state index contributed by atoms with van der Waals surface area (Å²) >= 11 is 12.0. The second-order valence-electron chi connectivity index (χ2n) is 3.91. The van der Waals surface area contributed by atoms with Crippen LogP contribution in [0.5, 0.6) is 0 Å². The topological polar surface area (TPSA) is 27.7 Å². The summed E-state index contributed by atoms with van der Waals surface area (Å²) in [5.74, 6) is 0. The van der Waals surface area contributed by atoms with Gasteiger partial charge in [-0.2, -0.15) is 0 Å². The second kappa shape index (κ2) is 8.24. The van der Waals surface area contributed by atoms with Crippen molar-refractivity contribution in [1.82, 2.24) is 0 Å². The zero-order valence-electron chi connectivity index (χ0n) is 11.5. The number of hydrogen-bond acceptors (Lipinski definition) is 3. The van der Waals surface area contributed by atoms with Gasteiger partial charge in [0.25, 0.3) is 0 Å². The van der Waals surface area contributed by atoms with Crippen molar-refractivity contribution >= 4 is 32.0 Å². The molecule has 1 rings (SSSR count). The minimum absolute atomic E-state index is 0.534. The van der Waals surface area contributed by atoms with E-state index in [0.29, 0.717) is 35.9 Å². The van der Waals surface area contributed by atoms with Crippen LogP contribution in [0.25, 0.3) is 0 Å². The third-order valence-corrected chi connectivity index (χ3v) is 6.26. The fourth-order valence-corrected chi connectivity index (χ4v) is 4.75. The SMILES string of the molecule is CCO[Si](Cc1ccc(Cl)c(Cl)c1)(OCC)OCC. The average molecular weight is 323 g/mol. The summed E-state index contributed by atoms with van der Waals surface area (Å²) in [5, 5.41) is 1.08. The molecule has 0 aromatic heterocycles. The van der Waals surface area contributed by atoms with E-state index in [0.717, 1.165) is 5.56 Å². The van der Waals surface area contributed by atoms with Crippen molar-refractivity contribution in [1.29, 1.82) is 0 Å². The van der Waals surface area contributed by atoms with E-state index in [-0.39, 0.29) is 0 Å². The second-order valence-corrected chi connectivity index (χ2v) is 7.31. The molecule has 0 fully saturated rings. The minimum atomic E-state index is -2.68. The Morgan fingerprint density at radius 2 is 1.42 bits per heavy atom. The highest BCUT2D eigenvalue weighted by Gasteiger charge is 2.40. The maximum Gasteiger partial charge on any atom is 0.505 e. The lowest BCUT2D eigenvalue weighted by molar-refractivity contribution is 0.0704. The van der Waals surface area contributed by atoms with Crippen LogP contribution in [0.3, 0.4) is 0 Å². The molecule has 0 spiro atoms. The van der Waals surface area contributed by atoms with E-state index in [1.165, 1.54) is 0 Å². The van der Waals surface area contributed by atoms with Crippen molar-refractivity contribution in [3.8, 4) is 0 Å². The molecule has 0 aliphatic carbocycles. The van der Waals surface area contributed by atoms with Gasteiger partial charge in [-0.1, -0.05) is 29.3 Å². The average Bonchev–Trinajstić information content (AvgIpc) is 2.35. The first-order valence-electron chi connectivity index (χ1n) is 6.42. The van der Waals surface area contributed by atoms with E-state index in [2.05, 4.69) is 0 Å². The first kappa shape index (κ1) is 16.9. The van der Waals surface area contributed by atoms with Crippen LogP contribution in [-0.4, -0.2) is 28.6 Å². The summed E-state index contributed by atoms with van der Waals surface area (Å²) in [7, 11) is -2.68. The molecule has 0 saturated carbocycles. The van der Waals surface area contributed by atoms with Gasteiger partial charge in [-0.05, 0) is 38.5 Å². The number of rotatable bonds is 8. The van der Waals surface area contributed by atoms with Crippen LogP contribution in [0.15, 0.2) is 18.2 Å². The van der Waals surface area contributed by atoms with Crippen molar-refractivity contribution in [2.75, 3.05) is 19.8 Å². The van der Waals surface area contributed by atoms with Gasteiger partial charge < -0.3 is 13.3 Å². The molecule has 1 aromatic rings. The molecule has 0 amide bonds. The van der Waals surface area contributed by atoms with Crippen molar-refractivity contribution in [2.45, 2.75) is 26.8 Å². The van der Waals surface area contributed by atoms with Crippen LogP contribution >= 0.6 is 23.2 Å². The smallest absolute Gasteiger partial charge is 0.374 e. The molecule has 0 aliphatic rings. The monoisotopic (exact) mass is 322 g/mol. The highest BCUT2D eigenvalue weighted by Crippen LogP contribution is 2.25. The van der Waals surface area contributed by atoms with E-state index in [1.54, 1.807) is 6.07 Å². The number of benzene rings is 1. The molecule has 0 atom stereocenters. The Labute approximate surface area is 126 Å². The highest BCUT2D eigenvalue weighted by molar-refractivity contribution is 6.60.